The maximum atomic E-state index is 11.8. The summed E-state index contributed by atoms with van der Waals surface area (Å²) in [6.07, 6.45) is 10.9. The lowest BCUT2D eigenvalue weighted by Gasteiger charge is -2.09. The largest absolute Gasteiger partial charge is 0.376 e. The summed E-state index contributed by atoms with van der Waals surface area (Å²) in [4.78, 5) is 11.8. The molecule has 0 aromatic heterocycles. The predicted octanol–water partition coefficient (Wildman–Crippen LogP) is 5.11. The van der Waals surface area contributed by atoms with Gasteiger partial charge in [-0.15, -0.1) is 0 Å². The Morgan fingerprint density at radius 1 is 1.36 bits per heavy atom. The third kappa shape index (κ3) is 7.64. The second-order valence-corrected chi connectivity index (χ2v) is 7.13. The van der Waals surface area contributed by atoms with E-state index in [1.165, 1.54) is 5.56 Å². The van der Waals surface area contributed by atoms with Crippen molar-refractivity contribution in [2.24, 2.45) is 0 Å². The van der Waals surface area contributed by atoms with Crippen molar-refractivity contribution in [3.8, 4) is 0 Å². The van der Waals surface area contributed by atoms with Crippen molar-refractivity contribution < 1.29 is 9.53 Å². The van der Waals surface area contributed by atoms with E-state index in [0.717, 1.165) is 44.3 Å². The number of amides is 1. The fraction of sp³-hybridized carbons (Fsp3) is 0.450. The highest BCUT2D eigenvalue weighted by Gasteiger charge is 2.15. The fourth-order valence-corrected chi connectivity index (χ4v) is 3.03. The van der Waals surface area contributed by atoms with Gasteiger partial charge in [-0.05, 0) is 62.3 Å². The number of rotatable bonds is 8. The molecule has 3 nitrogen and oxygen atoms in total. The van der Waals surface area contributed by atoms with Gasteiger partial charge in [-0.25, -0.2) is 0 Å². The summed E-state index contributed by atoms with van der Waals surface area (Å²) in [5.41, 5.74) is 2.13. The zero-order valence-electron chi connectivity index (χ0n) is 14.6. The molecule has 1 atom stereocenters. The molecule has 0 saturated carbocycles. The first-order valence-corrected chi connectivity index (χ1v) is 9.48. The second kappa shape index (κ2) is 10.6. The van der Waals surface area contributed by atoms with Crippen molar-refractivity contribution in [1.82, 2.24) is 5.32 Å². The number of benzene rings is 1. The predicted molar refractivity (Wildman–Crippen MR) is 104 cm³/mol. The lowest BCUT2D eigenvalue weighted by molar-refractivity contribution is -0.117. The third-order valence-corrected chi connectivity index (χ3v) is 4.83. The first-order chi connectivity index (χ1) is 12.0. The van der Waals surface area contributed by atoms with Crippen LogP contribution in [0, 0.1) is 0 Å². The van der Waals surface area contributed by atoms with Gasteiger partial charge in [0.05, 0.1) is 16.1 Å². The molecule has 1 saturated heterocycles. The minimum atomic E-state index is -0.0616. The number of ether oxygens (including phenoxy) is 1. The molecule has 1 N–H and O–H groups in total. The fourth-order valence-electron chi connectivity index (χ4n) is 2.71. The molecule has 1 aliphatic heterocycles. The van der Waals surface area contributed by atoms with E-state index in [9.17, 15) is 4.79 Å². The summed E-state index contributed by atoms with van der Waals surface area (Å²) >= 11 is 11.9. The molecule has 1 aromatic carbocycles. The standard InChI is InChI=1S/C20H25Cl2NO2/c1-15(12-20(24)23-14-17-8-5-11-25-17)6-3-2-4-7-16-9-10-18(21)19(22)13-16/h3,6,9-10,12-13,17H,2,4-5,7-8,11,14H2,1H3,(H,23,24)/b6-3+,15-12+. The quantitative estimate of drug-likeness (QED) is 0.385. The molecule has 136 valence electrons. The van der Waals surface area contributed by atoms with Gasteiger partial charge >= 0.3 is 0 Å². The molecule has 1 unspecified atom stereocenters. The average Bonchev–Trinajstić information content (AvgIpc) is 3.09. The van der Waals surface area contributed by atoms with Gasteiger partial charge in [0.15, 0.2) is 0 Å². The van der Waals surface area contributed by atoms with Gasteiger partial charge in [-0.3, -0.25) is 4.79 Å². The minimum absolute atomic E-state index is 0.0616. The van der Waals surface area contributed by atoms with Crippen LogP contribution in [0.3, 0.4) is 0 Å². The summed E-state index contributed by atoms with van der Waals surface area (Å²) < 4.78 is 5.49. The van der Waals surface area contributed by atoms with Gasteiger partial charge in [0.2, 0.25) is 5.91 Å². The Kier molecular flexibility index (Phi) is 8.53. The molecule has 5 heteroatoms. The molecule has 1 aliphatic rings. The number of allylic oxidation sites excluding steroid dienone is 3. The second-order valence-electron chi connectivity index (χ2n) is 6.31. The van der Waals surface area contributed by atoms with Crippen LogP contribution in [-0.4, -0.2) is 25.2 Å². The molecule has 0 radical (unpaired) electrons. The van der Waals surface area contributed by atoms with E-state index in [1.54, 1.807) is 6.08 Å². The number of aryl methyl sites for hydroxylation is 1. The molecular formula is C20H25Cl2NO2. The van der Waals surface area contributed by atoms with Crippen LogP contribution in [0.1, 0.15) is 38.2 Å². The first kappa shape index (κ1) is 20.0. The van der Waals surface area contributed by atoms with Gasteiger partial charge < -0.3 is 10.1 Å². The van der Waals surface area contributed by atoms with E-state index in [-0.39, 0.29) is 12.0 Å². The zero-order chi connectivity index (χ0) is 18.1. The minimum Gasteiger partial charge on any atom is -0.376 e. The maximum absolute atomic E-state index is 11.8. The van der Waals surface area contributed by atoms with E-state index in [2.05, 4.69) is 11.4 Å². The Labute approximate surface area is 160 Å². The Balaban J connectivity index is 1.65. The Morgan fingerprint density at radius 3 is 2.92 bits per heavy atom. The van der Waals surface area contributed by atoms with Gasteiger partial charge in [0, 0.05) is 19.2 Å². The summed E-state index contributed by atoms with van der Waals surface area (Å²) in [6.45, 7) is 3.33. The summed E-state index contributed by atoms with van der Waals surface area (Å²) in [5, 5.41) is 4.08. The molecule has 1 aromatic rings. The first-order valence-electron chi connectivity index (χ1n) is 8.73. The van der Waals surface area contributed by atoms with E-state index in [4.69, 9.17) is 27.9 Å². The van der Waals surface area contributed by atoms with Crippen molar-refractivity contribution in [2.75, 3.05) is 13.2 Å². The van der Waals surface area contributed by atoms with Crippen molar-refractivity contribution in [2.45, 2.75) is 45.1 Å². The summed E-state index contributed by atoms with van der Waals surface area (Å²) in [5.74, 6) is -0.0616. The molecule has 0 bridgehead atoms. The van der Waals surface area contributed by atoms with Crippen LogP contribution in [0.25, 0.3) is 0 Å². The molecule has 0 spiro atoms. The Morgan fingerprint density at radius 2 is 2.20 bits per heavy atom. The average molecular weight is 382 g/mol. The van der Waals surface area contributed by atoms with Crippen LogP contribution in [0.2, 0.25) is 10.0 Å². The highest BCUT2D eigenvalue weighted by molar-refractivity contribution is 6.42. The smallest absolute Gasteiger partial charge is 0.244 e. The molecule has 1 amide bonds. The number of hydrogen-bond donors (Lipinski definition) is 1. The van der Waals surface area contributed by atoms with Crippen LogP contribution in [0.4, 0.5) is 0 Å². The number of carbonyl (C=O) groups excluding carboxylic acids is 1. The van der Waals surface area contributed by atoms with Crippen LogP contribution < -0.4 is 5.32 Å². The molecule has 1 heterocycles. The van der Waals surface area contributed by atoms with Crippen LogP contribution >= 0.6 is 23.2 Å². The van der Waals surface area contributed by atoms with Gasteiger partial charge in [0.25, 0.3) is 0 Å². The topological polar surface area (TPSA) is 38.3 Å². The van der Waals surface area contributed by atoms with E-state index in [0.29, 0.717) is 16.6 Å². The molecule has 2 rings (SSSR count). The van der Waals surface area contributed by atoms with Gasteiger partial charge in [0.1, 0.15) is 0 Å². The Hall–Kier alpha value is -1.29. The van der Waals surface area contributed by atoms with Crippen LogP contribution in [0.15, 0.2) is 42.0 Å². The zero-order valence-corrected chi connectivity index (χ0v) is 16.1. The van der Waals surface area contributed by atoms with E-state index >= 15 is 0 Å². The van der Waals surface area contributed by atoms with Crippen molar-refractivity contribution in [3.63, 3.8) is 0 Å². The summed E-state index contributed by atoms with van der Waals surface area (Å²) in [6, 6.07) is 5.75. The molecular weight excluding hydrogens is 357 g/mol. The number of hydrogen-bond acceptors (Lipinski definition) is 2. The maximum Gasteiger partial charge on any atom is 0.244 e. The molecule has 25 heavy (non-hydrogen) atoms. The number of carbonyl (C=O) groups is 1. The Bertz CT molecular complexity index is 635. The van der Waals surface area contributed by atoms with Crippen LogP contribution in [-0.2, 0) is 16.0 Å². The van der Waals surface area contributed by atoms with E-state index in [1.807, 2.05) is 31.2 Å². The monoisotopic (exact) mass is 381 g/mol. The van der Waals surface area contributed by atoms with Crippen molar-refractivity contribution in [1.29, 1.82) is 0 Å². The molecule has 0 aliphatic carbocycles. The van der Waals surface area contributed by atoms with Crippen molar-refractivity contribution in [3.05, 3.63) is 57.6 Å². The van der Waals surface area contributed by atoms with Crippen LogP contribution in [0.5, 0.6) is 0 Å². The number of halogens is 2. The number of nitrogens with one attached hydrogen (secondary N) is 1. The normalized spacial score (nSPS) is 18.0. The summed E-state index contributed by atoms with van der Waals surface area (Å²) in [7, 11) is 0. The molecule has 1 fully saturated rings. The number of unbranched alkanes of at least 4 members (excludes halogenated alkanes) is 1. The highest BCUT2D eigenvalue weighted by atomic mass is 35.5. The third-order valence-electron chi connectivity index (χ3n) is 4.09. The lowest BCUT2D eigenvalue weighted by Crippen LogP contribution is -2.30. The van der Waals surface area contributed by atoms with Crippen molar-refractivity contribution >= 4 is 29.1 Å². The SMILES string of the molecule is CC(/C=C/CCCc1ccc(Cl)c(Cl)c1)=C\C(=O)NCC1CCCO1. The highest BCUT2D eigenvalue weighted by Crippen LogP contribution is 2.23. The van der Waals surface area contributed by atoms with E-state index < -0.39 is 0 Å². The van der Waals surface area contributed by atoms with Gasteiger partial charge in [-0.2, -0.15) is 0 Å². The van der Waals surface area contributed by atoms with Gasteiger partial charge in [-0.1, -0.05) is 41.4 Å². The lowest BCUT2D eigenvalue weighted by atomic mass is 10.1.